The molecular formula is C7H13N3O3. The average Bonchev–Trinajstić information content (AvgIpc) is 2.01. The number of likely N-dealkylation sites (N-methyl/N-ethyl adjacent to an activating group) is 1. The largest absolute Gasteiger partial charge is 0.345 e. The van der Waals surface area contributed by atoms with Crippen LogP contribution in [0, 0.1) is 0 Å². The van der Waals surface area contributed by atoms with Gasteiger partial charge in [0, 0.05) is 21.0 Å². The molecule has 0 aromatic carbocycles. The molecule has 0 aliphatic rings. The molecule has 0 rings (SSSR count). The van der Waals surface area contributed by atoms with Gasteiger partial charge in [-0.1, -0.05) is 0 Å². The van der Waals surface area contributed by atoms with Gasteiger partial charge in [-0.05, 0) is 0 Å². The van der Waals surface area contributed by atoms with E-state index in [-0.39, 0.29) is 11.8 Å². The first-order valence-electron chi connectivity index (χ1n) is 3.67. The Labute approximate surface area is 76.3 Å². The van der Waals surface area contributed by atoms with Gasteiger partial charge < -0.3 is 15.5 Å². The Kier molecular flexibility index (Phi) is 4.50. The predicted octanol–water partition coefficient (Wildman–Crippen LogP) is -1.72. The van der Waals surface area contributed by atoms with Crippen LogP contribution in [-0.4, -0.2) is 43.4 Å². The third kappa shape index (κ3) is 4.09. The van der Waals surface area contributed by atoms with Crippen molar-refractivity contribution in [3.05, 3.63) is 0 Å². The number of carbonyl (C=O) groups excluding carboxylic acids is 3. The molecule has 6 nitrogen and oxygen atoms in total. The fraction of sp³-hybridized carbons (Fsp3) is 0.571. The van der Waals surface area contributed by atoms with E-state index in [1.54, 1.807) is 0 Å². The molecule has 1 atom stereocenters. The van der Waals surface area contributed by atoms with Crippen molar-refractivity contribution in [1.29, 1.82) is 0 Å². The summed E-state index contributed by atoms with van der Waals surface area (Å²) in [6.45, 7) is 1.27. The zero-order valence-electron chi connectivity index (χ0n) is 7.83. The standard InChI is InChI=1S/C7H13N3O3/c1-5(12)9-6(8-4-11)7(13)10(2)3/h4,6H,1-3H3,(H,8,11)(H,9,12)/t6-/m0/s1. The van der Waals surface area contributed by atoms with E-state index in [4.69, 9.17) is 0 Å². The van der Waals surface area contributed by atoms with Gasteiger partial charge in [-0.25, -0.2) is 0 Å². The minimum atomic E-state index is -0.981. The van der Waals surface area contributed by atoms with Crippen molar-refractivity contribution < 1.29 is 14.4 Å². The van der Waals surface area contributed by atoms with E-state index in [0.29, 0.717) is 6.41 Å². The Morgan fingerprint density at radius 2 is 1.92 bits per heavy atom. The smallest absolute Gasteiger partial charge is 0.265 e. The van der Waals surface area contributed by atoms with Crippen LogP contribution in [0.1, 0.15) is 6.92 Å². The molecule has 0 aromatic heterocycles. The van der Waals surface area contributed by atoms with Gasteiger partial charge in [-0.2, -0.15) is 0 Å². The van der Waals surface area contributed by atoms with E-state index in [1.807, 2.05) is 0 Å². The normalized spacial score (nSPS) is 11.3. The van der Waals surface area contributed by atoms with Crippen LogP contribution in [0.15, 0.2) is 0 Å². The summed E-state index contributed by atoms with van der Waals surface area (Å²) >= 11 is 0. The maximum absolute atomic E-state index is 11.3. The predicted molar refractivity (Wildman–Crippen MR) is 45.5 cm³/mol. The van der Waals surface area contributed by atoms with Crippen molar-refractivity contribution >= 4 is 18.2 Å². The lowest BCUT2D eigenvalue weighted by atomic mass is 10.4. The van der Waals surface area contributed by atoms with Crippen molar-refractivity contribution in [3.8, 4) is 0 Å². The lowest BCUT2D eigenvalue weighted by Gasteiger charge is -2.19. The van der Waals surface area contributed by atoms with Gasteiger partial charge >= 0.3 is 0 Å². The molecular weight excluding hydrogens is 174 g/mol. The number of hydrogen-bond donors (Lipinski definition) is 2. The molecule has 74 valence electrons. The number of nitrogens with zero attached hydrogens (tertiary/aromatic N) is 1. The Bertz CT molecular complexity index is 215. The maximum Gasteiger partial charge on any atom is 0.265 e. The van der Waals surface area contributed by atoms with Crippen LogP contribution in [0.3, 0.4) is 0 Å². The summed E-state index contributed by atoms with van der Waals surface area (Å²) in [7, 11) is 3.06. The van der Waals surface area contributed by atoms with Crippen molar-refractivity contribution in [2.45, 2.75) is 13.1 Å². The molecule has 0 aliphatic carbocycles. The Balaban J connectivity index is 4.31. The van der Waals surface area contributed by atoms with Crippen LogP contribution in [0.5, 0.6) is 0 Å². The molecule has 2 N–H and O–H groups in total. The zero-order valence-corrected chi connectivity index (χ0v) is 7.83. The lowest BCUT2D eigenvalue weighted by molar-refractivity contribution is -0.136. The first-order valence-corrected chi connectivity index (χ1v) is 3.67. The Morgan fingerprint density at radius 1 is 1.38 bits per heavy atom. The topological polar surface area (TPSA) is 78.5 Å². The lowest BCUT2D eigenvalue weighted by Crippen LogP contribution is -2.53. The molecule has 13 heavy (non-hydrogen) atoms. The van der Waals surface area contributed by atoms with Gasteiger partial charge in [0.25, 0.3) is 5.91 Å². The Hall–Kier alpha value is -1.59. The molecule has 0 fully saturated rings. The van der Waals surface area contributed by atoms with E-state index in [2.05, 4.69) is 10.6 Å². The highest BCUT2D eigenvalue weighted by atomic mass is 16.2. The van der Waals surface area contributed by atoms with Crippen LogP contribution >= 0.6 is 0 Å². The highest BCUT2D eigenvalue weighted by molar-refractivity contribution is 5.87. The number of hydrogen-bond acceptors (Lipinski definition) is 3. The summed E-state index contributed by atoms with van der Waals surface area (Å²) in [5, 5.41) is 4.48. The second-order valence-corrected chi connectivity index (χ2v) is 2.65. The van der Waals surface area contributed by atoms with Gasteiger partial charge in [0.15, 0.2) is 6.17 Å². The zero-order chi connectivity index (χ0) is 10.4. The minimum Gasteiger partial charge on any atom is -0.345 e. The van der Waals surface area contributed by atoms with E-state index < -0.39 is 6.17 Å². The van der Waals surface area contributed by atoms with E-state index in [9.17, 15) is 14.4 Å². The van der Waals surface area contributed by atoms with Crippen molar-refractivity contribution in [2.24, 2.45) is 0 Å². The second-order valence-electron chi connectivity index (χ2n) is 2.65. The summed E-state index contributed by atoms with van der Waals surface area (Å²) in [6, 6.07) is 0. The van der Waals surface area contributed by atoms with Gasteiger partial charge in [0.1, 0.15) is 0 Å². The molecule has 0 saturated carbocycles. The molecule has 0 unspecified atom stereocenters. The third-order valence-electron chi connectivity index (χ3n) is 1.27. The number of carbonyl (C=O) groups is 3. The van der Waals surface area contributed by atoms with E-state index >= 15 is 0 Å². The molecule has 0 spiro atoms. The summed E-state index contributed by atoms with van der Waals surface area (Å²) in [5.74, 6) is -0.767. The average molecular weight is 187 g/mol. The fourth-order valence-corrected chi connectivity index (χ4v) is 0.704. The summed E-state index contributed by atoms with van der Waals surface area (Å²) in [6.07, 6.45) is -0.618. The van der Waals surface area contributed by atoms with Crippen LogP contribution in [0.2, 0.25) is 0 Å². The molecule has 0 saturated heterocycles. The minimum absolute atomic E-state index is 0.363. The van der Waals surface area contributed by atoms with E-state index in [1.165, 1.54) is 25.9 Å². The van der Waals surface area contributed by atoms with Crippen molar-refractivity contribution in [2.75, 3.05) is 14.1 Å². The summed E-state index contributed by atoms with van der Waals surface area (Å²) in [5.41, 5.74) is 0. The summed E-state index contributed by atoms with van der Waals surface area (Å²) in [4.78, 5) is 33.2. The maximum atomic E-state index is 11.3. The van der Waals surface area contributed by atoms with E-state index in [0.717, 1.165) is 0 Å². The first kappa shape index (κ1) is 11.4. The van der Waals surface area contributed by atoms with Crippen molar-refractivity contribution in [3.63, 3.8) is 0 Å². The third-order valence-corrected chi connectivity index (χ3v) is 1.27. The van der Waals surface area contributed by atoms with Gasteiger partial charge in [0.05, 0.1) is 0 Å². The van der Waals surface area contributed by atoms with Gasteiger partial charge in [-0.15, -0.1) is 0 Å². The van der Waals surface area contributed by atoms with Crippen molar-refractivity contribution in [1.82, 2.24) is 15.5 Å². The van der Waals surface area contributed by atoms with Crippen LogP contribution in [-0.2, 0) is 14.4 Å². The molecule has 0 aromatic rings. The van der Waals surface area contributed by atoms with Gasteiger partial charge in [-0.3, -0.25) is 14.4 Å². The highest BCUT2D eigenvalue weighted by Gasteiger charge is 2.19. The highest BCUT2D eigenvalue weighted by Crippen LogP contribution is 1.85. The first-order chi connectivity index (χ1) is 5.99. The van der Waals surface area contributed by atoms with Crippen LogP contribution in [0.4, 0.5) is 0 Å². The van der Waals surface area contributed by atoms with Crippen LogP contribution < -0.4 is 10.6 Å². The van der Waals surface area contributed by atoms with Gasteiger partial charge in [0.2, 0.25) is 12.3 Å². The van der Waals surface area contributed by atoms with Crippen LogP contribution in [0.25, 0.3) is 0 Å². The monoisotopic (exact) mass is 187 g/mol. The molecule has 0 bridgehead atoms. The summed E-state index contributed by atoms with van der Waals surface area (Å²) < 4.78 is 0. The molecule has 3 amide bonds. The SMILES string of the molecule is CC(=O)N[C@H](NC=O)C(=O)N(C)C. The number of amides is 3. The second kappa shape index (κ2) is 5.13. The quantitative estimate of drug-likeness (QED) is 0.406. The Morgan fingerprint density at radius 3 is 2.23 bits per heavy atom. The molecule has 0 heterocycles. The number of nitrogens with one attached hydrogen (secondary N) is 2. The fourth-order valence-electron chi connectivity index (χ4n) is 0.704. The molecule has 0 aliphatic heterocycles. The molecule has 6 heteroatoms. The number of rotatable bonds is 4. The molecule has 0 radical (unpaired) electrons.